The summed E-state index contributed by atoms with van der Waals surface area (Å²) in [5.41, 5.74) is 3.05. The summed E-state index contributed by atoms with van der Waals surface area (Å²) in [5, 5.41) is 28.2. The standard InChI is InChI=1S/C13H13N5O2/c1-9-4-11(3-2-10(9)5-14)15-6-12-7-18(17-16-12)8-13(19)20/h2-4,7,15H,6,8H2,1H3,(H,19,20). The van der Waals surface area contributed by atoms with Crippen molar-refractivity contribution in [3.63, 3.8) is 0 Å². The van der Waals surface area contributed by atoms with Crippen LogP contribution in [0.1, 0.15) is 16.8 Å². The van der Waals surface area contributed by atoms with Crippen molar-refractivity contribution in [2.75, 3.05) is 5.32 Å². The van der Waals surface area contributed by atoms with Crippen molar-refractivity contribution in [1.29, 1.82) is 5.26 Å². The van der Waals surface area contributed by atoms with E-state index in [1.54, 1.807) is 12.3 Å². The number of hydrogen-bond donors (Lipinski definition) is 2. The van der Waals surface area contributed by atoms with Gasteiger partial charge >= 0.3 is 5.97 Å². The van der Waals surface area contributed by atoms with Crippen LogP contribution in [0.15, 0.2) is 24.4 Å². The molecule has 0 fully saturated rings. The molecule has 102 valence electrons. The van der Waals surface area contributed by atoms with Crippen LogP contribution in [0.4, 0.5) is 5.69 Å². The topological polar surface area (TPSA) is 104 Å². The zero-order valence-electron chi connectivity index (χ0n) is 10.9. The number of nitriles is 1. The van der Waals surface area contributed by atoms with Gasteiger partial charge in [0.05, 0.1) is 24.4 Å². The zero-order chi connectivity index (χ0) is 14.5. The third-order valence-corrected chi connectivity index (χ3v) is 2.70. The van der Waals surface area contributed by atoms with Gasteiger partial charge in [0.2, 0.25) is 0 Å². The molecule has 0 spiro atoms. The van der Waals surface area contributed by atoms with E-state index in [4.69, 9.17) is 10.4 Å². The summed E-state index contributed by atoms with van der Waals surface area (Å²) >= 11 is 0. The fourth-order valence-corrected chi connectivity index (χ4v) is 1.73. The summed E-state index contributed by atoms with van der Waals surface area (Å²) < 4.78 is 1.27. The zero-order valence-corrected chi connectivity index (χ0v) is 10.9. The first-order valence-corrected chi connectivity index (χ1v) is 5.94. The van der Waals surface area contributed by atoms with Crippen molar-refractivity contribution in [2.24, 2.45) is 0 Å². The number of carbonyl (C=O) groups is 1. The molecular weight excluding hydrogens is 258 g/mol. The first-order valence-electron chi connectivity index (χ1n) is 5.94. The molecule has 1 aromatic heterocycles. The fraction of sp³-hybridized carbons (Fsp3) is 0.231. The lowest BCUT2D eigenvalue weighted by molar-refractivity contribution is -0.137. The lowest BCUT2D eigenvalue weighted by Gasteiger charge is -2.05. The van der Waals surface area contributed by atoms with Crippen LogP contribution in [0.2, 0.25) is 0 Å². The number of benzene rings is 1. The molecule has 0 atom stereocenters. The Labute approximate surface area is 115 Å². The second kappa shape index (κ2) is 5.84. The van der Waals surface area contributed by atoms with Gasteiger partial charge in [0.1, 0.15) is 12.2 Å². The summed E-state index contributed by atoms with van der Waals surface area (Å²) in [5.74, 6) is -0.961. The molecule has 0 bridgehead atoms. The minimum atomic E-state index is -0.961. The van der Waals surface area contributed by atoms with E-state index in [1.165, 1.54) is 4.68 Å². The molecule has 1 aromatic carbocycles. The van der Waals surface area contributed by atoms with Gasteiger partial charge in [-0.1, -0.05) is 5.21 Å². The molecule has 0 unspecified atom stereocenters. The van der Waals surface area contributed by atoms with Crippen LogP contribution in [0.5, 0.6) is 0 Å². The van der Waals surface area contributed by atoms with Gasteiger partial charge in [0, 0.05) is 5.69 Å². The first-order chi connectivity index (χ1) is 9.58. The third kappa shape index (κ3) is 3.32. The van der Waals surface area contributed by atoms with Gasteiger partial charge in [-0.25, -0.2) is 4.68 Å². The predicted octanol–water partition coefficient (Wildman–Crippen LogP) is 1.15. The highest BCUT2D eigenvalue weighted by molar-refractivity contribution is 5.66. The molecule has 0 aliphatic carbocycles. The number of anilines is 1. The summed E-state index contributed by atoms with van der Waals surface area (Å²) in [4.78, 5) is 10.5. The predicted molar refractivity (Wildman–Crippen MR) is 70.9 cm³/mol. The molecule has 0 amide bonds. The van der Waals surface area contributed by atoms with Crippen LogP contribution < -0.4 is 5.32 Å². The van der Waals surface area contributed by atoms with Crippen LogP contribution in [0, 0.1) is 18.3 Å². The Morgan fingerprint density at radius 1 is 1.55 bits per heavy atom. The Bertz CT molecular complexity index is 672. The Kier molecular flexibility index (Phi) is 3.96. The van der Waals surface area contributed by atoms with Crippen molar-refractivity contribution >= 4 is 11.7 Å². The van der Waals surface area contributed by atoms with Gasteiger partial charge in [-0.15, -0.1) is 5.10 Å². The molecule has 0 aliphatic heterocycles. The minimum Gasteiger partial charge on any atom is -0.480 e. The summed E-state index contributed by atoms with van der Waals surface area (Å²) in [6.07, 6.45) is 1.58. The van der Waals surface area contributed by atoms with Crippen LogP contribution in [0.25, 0.3) is 0 Å². The van der Waals surface area contributed by atoms with E-state index in [1.807, 2.05) is 19.1 Å². The van der Waals surface area contributed by atoms with E-state index in [2.05, 4.69) is 21.7 Å². The highest BCUT2D eigenvalue weighted by atomic mass is 16.4. The quantitative estimate of drug-likeness (QED) is 0.845. The molecule has 7 nitrogen and oxygen atoms in total. The number of aromatic nitrogens is 3. The van der Waals surface area contributed by atoms with Crippen molar-refractivity contribution in [3.8, 4) is 6.07 Å². The molecule has 20 heavy (non-hydrogen) atoms. The van der Waals surface area contributed by atoms with Gasteiger partial charge in [-0.2, -0.15) is 5.26 Å². The Morgan fingerprint density at radius 3 is 3.00 bits per heavy atom. The highest BCUT2D eigenvalue weighted by Crippen LogP contribution is 2.14. The van der Waals surface area contributed by atoms with E-state index in [0.717, 1.165) is 11.3 Å². The maximum Gasteiger partial charge on any atom is 0.325 e. The SMILES string of the molecule is Cc1cc(NCc2cn(CC(=O)O)nn2)ccc1C#N. The molecular formula is C13H13N5O2. The van der Waals surface area contributed by atoms with E-state index in [-0.39, 0.29) is 6.54 Å². The highest BCUT2D eigenvalue weighted by Gasteiger charge is 2.04. The Balaban J connectivity index is 1.98. The lowest BCUT2D eigenvalue weighted by atomic mass is 10.1. The fourth-order valence-electron chi connectivity index (χ4n) is 1.73. The van der Waals surface area contributed by atoms with Gasteiger partial charge in [-0.3, -0.25) is 4.79 Å². The minimum absolute atomic E-state index is 0.205. The van der Waals surface area contributed by atoms with E-state index in [0.29, 0.717) is 17.8 Å². The number of carboxylic acids is 1. The van der Waals surface area contributed by atoms with Crippen molar-refractivity contribution in [1.82, 2.24) is 15.0 Å². The summed E-state index contributed by atoms with van der Waals surface area (Å²) in [7, 11) is 0. The number of nitrogens with one attached hydrogen (secondary N) is 1. The van der Waals surface area contributed by atoms with Gasteiger partial charge in [0.25, 0.3) is 0 Å². The number of hydrogen-bond acceptors (Lipinski definition) is 5. The molecule has 2 N–H and O–H groups in total. The normalized spacial score (nSPS) is 10.0. The number of rotatable bonds is 5. The van der Waals surface area contributed by atoms with E-state index >= 15 is 0 Å². The summed E-state index contributed by atoms with van der Waals surface area (Å²) in [6, 6.07) is 7.55. The van der Waals surface area contributed by atoms with E-state index in [9.17, 15) is 4.79 Å². The molecule has 2 rings (SSSR count). The van der Waals surface area contributed by atoms with Gasteiger partial charge < -0.3 is 10.4 Å². The number of aliphatic carboxylic acids is 1. The number of carboxylic acid groups (broad SMARTS) is 1. The van der Waals surface area contributed by atoms with Crippen LogP contribution in [0.3, 0.4) is 0 Å². The second-order valence-electron chi connectivity index (χ2n) is 4.30. The smallest absolute Gasteiger partial charge is 0.325 e. The van der Waals surface area contributed by atoms with Crippen molar-refractivity contribution in [3.05, 3.63) is 41.2 Å². The molecule has 0 radical (unpaired) electrons. The monoisotopic (exact) mass is 271 g/mol. The maximum absolute atomic E-state index is 10.5. The molecule has 0 aliphatic rings. The van der Waals surface area contributed by atoms with Crippen LogP contribution in [-0.2, 0) is 17.9 Å². The Hall–Kier alpha value is -2.88. The van der Waals surface area contributed by atoms with Crippen molar-refractivity contribution < 1.29 is 9.90 Å². The second-order valence-corrected chi connectivity index (χ2v) is 4.30. The van der Waals surface area contributed by atoms with Gasteiger partial charge in [-0.05, 0) is 30.7 Å². The third-order valence-electron chi connectivity index (χ3n) is 2.70. The Morgan fingerprint density at radius 2 is 2.35 bits per heavy atom. The average molecular weight is 271 g/mol. The first kappa shape index (κ1) is 13.5. The van der Waals surface area contributed by atoms with Crippen molar-refractivity contribution in [2.45, 2.75) is 20.0 Å². The molecule has 1 heterocycles. The summed E-state index contributed by atoms with van der Waals surface area (Å²) in [6.45, 7) is 2.10. The number of nitrogens with zero attached hydrogens (tertiary/aromatic N) is 4. The molecule has 0 saturated heterocycles. The molecule has 7 heteroatoms. The largest absolute Gasteiger partial charge is 0.480 e. The molecule has 2 aromatic rings. The van der Waals surface area contributed by atoms with Gasteiger partial charge in [0.15, 0.2) is 0 Å². The average Bonchev–Trinajstić information content (AvgIpc) is 2.83. The van der Waals surface area contributed by atoms with Crippen LogP contribution in [-0.4, -0.2) is 26.1 Å². The van der Waals surface area contributed by atoms with Crippen LogP contribution >= 0.6 is 0 Å². The molecule has 0 saturated carbocycles. The maximum atomic E-state index is 10.5. The number of aryl methyl sites for hydroxylation is 1. The lowest BCUT2D eigenvalue weighted by Crippen LogP contribution is -2.09. The van der Waals surface area contributed by atoms with E-state index < -0.39 is 5.97 Å².